The number of ether oxygens (including phenoxy) is 2. The first-order chi connectivity index (χ1) is 15.1. The van der Waals surface area contributed by atoms with Gasteiger partial charge in [-0.25, -0.2) is 4.98 Å². The van der Waals surface area contributed by atoms with Crippen molar-refractivity contribution in [3.63, 3.8) is 0 Å². The van der Waals surface area contributed by atoms with Crippen molar-refractivity contribution < 1.29 is 14.3 Å². The van der Waals surface area contributed by atoms with Crippen LogP contribution in [0.15, 0.2) is 78.5 Å². The molecule has 2 aromatic carbocycles. The topological polar surface area (TPSA) is 51.7 Å². The minimum atomic E-state index is -0.134. The molecule has 0 atom stereocenters. The number of carbonyl (C=O) groups is 1. The Morgan fingerprint density at radius 3 is 2.39 bits per heavy atom. The fourth-order valence-electron chi connectivity index (χ4n) is 3.34. The first-order valence-electron chi connectivity index (χ1n) is 9.85. The molecule has 156 valence electrons. The molecule has 0 fully saturated rings. The molecule has 0 radical (unpaired) electrons. The van der Waals surface area contributed by atoms with Gasteiger partial charge < -0.3 is 9.47 Å². The number of anilines is 1. The van der Waals surface area contributed by atoms with E-state index >= 15 is 0 Å². The Bertz CT molecular complexity index is 1130. The van der Waals surface area contributed by atoms with Gasteiger partial charge in [-0.2, -0.15) is 0 Å². The van der Waals surface area contributed by atoms with E-state index < -0.39 is 0 Å². The van der Waals surface area contributed by atoms with Crippen LogP contribution in [0.1, 0.15) is 18.1 Å². The molecular formula is C25H21ClN2O3. The molecule has 0 spiro atoms. The van der Waals surface area contributed by atoms with Crippen molar-refractivity contribution in [1.29, 1.82) is 0 Å². The highest BCUT2D eigenvalue weighted by atomic mass is 35.5. The van der Waals surface area contributed by atoms with Crippen LogP contribution in [0, 0.1) is 0 Å². The summed E-state index contributed by atoms with van der Waals surface area (Å²) in [6.45, 7) is 2.55. The van der Waals surface area contributed by atoms with Crippen molar-refractivity contribution in [3.8, 4) is 11.6 Å². The van der Waals surface area contributed by atoms with E-state index in [0.29, 0.717) is 28.8 Å². The lowest BCUT2D eigenvalue weighted by molar-refractivity contribution is -0.113. The Morgan fingerprint density at radius 2 is 1.77 bits per heavy atom. The minimum absolute atomic E-state index is 0.134. The number of rotatable bonds is 6. The second-order valence-electron chi connectivity index (χ2n) is 6.84. The first kappa shape index (κ1) is 20.7. The van der Waals surface area contributed by atoms with Crippen LogP contribution < -0.4 is 14.4 Å². The van der Waals surface area contributed by atoms with Gasteiger partial charge in [0.2, 0.25) is 5.88 Å². The molecule has 6 heteroatoms. The van der Waals surface area contributed by atoms with Gasteiger partial charge in [-0.05, 0) is 60.5 Å². The summed E-state index contributed by atoms with van der Waals surface area (Å²) in [6.07, 6.45) is 5.37. The summed E-state index contributed by atoms with van der Waals surface area (Å²) in [6, 6.07) is 18.6. The van der Waals surface area contributed by atoms with Crippen LogP contribution in [-0.4, -0.2) is 24.6 Å². The minimum Gasteiger partial charge on any atom is -0.494 e. The summed E-state index contributed by atoms with van der Waals surface area (Å²) in [5.74, 6) is 1.15. The van der Waals surface area contributed by atoms with Gasteiger partial charge in [-0.1, -0.05) is 35.9 Å². The van der Waals surface area contributed by atoms with Crippen LogP contribution >= 0.6 is 11.6 Å². The zero-order chi connectivity index (χ0) is 21.8. The molecule has 0 N–H and O–H groups in total. The normalized spacial score (nSPS) is 14.7. The van der Waals surface area contributed by atoms with Crippen LogP contribution in [0.25, 0.3) is 11.8 Å². The maximum absolute atomic E-state index is 13.4. The third kappa shape index (κ3) is 4.47. The van der Waals surface area contributed by atoms with E-state index in [4.69, 9.17) is 21.1 Å². The zero-order valence-electron chi connectivity index (χ0n) is 17.2. The molecule has 1 aromatic heterocycles. The van der Waals surface area contributed by atoms with E-state index in [1.165, 1.54) is 0 Å². The van der Waals surface area contributed by atoms with Crippen LogP contribution in [0.4, 0.5) is 5.69 Å². The van der Waals surface area contributed by atoms with E-state index in [2.05, 4.69) is 4.98 Å². The van der Waals surface area contributed by atoms with Crippen LogP contribution in [0.5, 0.6) is 11.6 Å². The second-order valence-corrected chi connectivity index (χ2v) is 7.27. The predicted octanol–water partition coefficient (Wildman–Crippen LogP) is 5.61. The number of hydrogen-bond donors (Lipinski definition) is 0. The Hall–Kier alpha value is -3.57. The summed E-state index contributed by atoms with van der Waals surface area (Å²) in [4.78, 5) is 19.3. The van der Waals surface area contributed by atoms with E-state index in [1.807, 2.05) is 61.5 Å². The van der Waals surface area contributed by atoms with Gasteiger partial charge in [-0.3, -0.25) is 9.69 Å². The van der Waals surface area contributed by atoms with E-state index in [9.17, 15) is 4.79 Å². The highest BCUT2D eigenvalue weighted by Gasteiger charge is 2.30. The quantitative estimate of drug-likeness (QED) is 0.475. The summed E-state index contributed by atoms with van der Waals surface area (Å²) in [5, 5.41) is 0.636. The number of pyridine rings is 1. The average Bonchev–Trinajstić information content (AvgIpc) is 3.11. The molecule has 1 aliphatic heterocycles. The molecule has 3 aromatic rings. The molecular weight excluding hydrogens is 412 g/mol. The molecule has 2 heterocycles. The maximum atomic E-state index is 13.4. The molecule has 1 aliphatic rings. The Morgan fingerprint density at radius 1 is 1.03 bits per heavy atom. The summed E-state index contributed by atoms with van der Waals surface area (Å²) < 4.78 is 10.6. The number of aromatic nitrogens is 1. The molecule has 0 saturated carbocycles. The van der Waals surface area contributed by atoms with Crippen LogP contribution in [0.2, 0.25) is 5.02 Å². The monoisotopic (exact) mass is 432 g/mol. The Labute approximate surface area is 186 Å². The lowest BCUT2D eigenvalue weighted by Crippen LogP contribution is -2.25. The number of nitrogens with zero attached hydrogens (tertiary/aromatic N) is 2. The van der Waals surface area contributed by atoms with Gasteiger partial charge >= 0.3 is 0 Å². The molecule has 5 nitrogen and oxygen atoms in total. The molecule has 31 heavy (non-hydrogen) atoms. The molecule has 0 unspecified atom stereocenters. The standard InChI is InChI=1S/C25H21ClN2O3/c1-3-31-22-11-4-17(5-12-22)14-19-15-23(18-6-8-20(26)9-7-18)28(25(19)29)21-10-13-24(30-2)27-16-21/h4-16H,3H2,1-2H3/b19-14+. The largest absolute Gasteiger partial charge is 0.494 e. The van der Waals surface area contributed by atoms with E-state index in [0.717, 1.165) is 22.6 Å². The SMILES string of the molecule is CCOc1ccc(/C=C2\C=C(c3ccc(Cl)cc3)N(c3ccc(OC)nc3)C2=O)cc1. The maximum Gasteiger partial charge on any atom is 0.263 e. The van der Waals surface area contributed by atoms with Crippen molar-refractivity contribution in [1.82, 2.24) is 4.98 Å². The number of benzene rings is 2. The van der Waals surface area contributed by atoms with Crippen molar-refractivity contribution in [3.05, 3.63) is 94.7 Å². The van der Waals surface area contributed by atoms with E-state index in [-0.39, 0.29) is 5.91 Å². The third-order valence-electron chi connectivity index (χ3n) is 4.82. The number of carbonyl (C=O) groups excluding carboxylic acids is 1. The van der Waals surface area contributed by atoms with Gasteiger partial charge in [0.15, 0.2) is 0 Å². The molecule has 4 rings (SSSR count). The molecule has 0 bridgehead atoms. The van der Waals surface area contributed by atoms with Crippen molar-refractivity contribution in [2.75, 3.05) is 18.6 Å². The van der Waals surface area contributed by atoms with E-state index in [1.54, 1.807) is 36.4 Å². The zero-order valence-corrected chi connectivity index (χ0v) is 18.0. The van der Waals surface area contributed by atoms with Gasteiger partial charge in [0.05, 0.1) is 31.3 Å². The Kier molecular flexibility index (Phi) is 6.05. The highest BCUT2D eigenvalue weighted by molar-refractivity contribution is 6.30. The number of halogens is 1. The van der Waals surface area contributed by atoms with Crippen molar-refractivity contribution in [2.45, 2.75) is 6.92 Å². The second kappa shape index (κ2) is 9.06. The molecule has 0 aliphatic carbocycles. The van der Waals surface area contributed by atoms with Crippen LogP contribution in [-0.2, 0) is 4.79 Å². The number of methoxy groups -OCH3 is 1. The lowest BCUT2D eigenvalue weighted by Gasteiger charge is -2.20. The average molecular weight is 433 g/mol. The number of amides is 1. The van der Waals surface area contributed by atoms with Crippen LogP contribution in [0.3, 0.4) is 0 Å². The summed E-state index contributed by atoms with van der Waals surface area (Å²) >= 11 is 6.06. The summed E-state index contributed by atoms with van der Waals surface area (Å²) in [7, 11) is 1.56. The van der Waals surface area contributed by atoms with Crippen molar-refractivity contribution in [2.24, 2.45) is 0 Å². The van der Waals surface area contributed by atoms with Gasteiger partial charge in [0.25, 0.3) is 5.91 Å². The molecule has 1 amide bonds. The third-order valence-corrected chi connectivity index (χ3v) is 5.08. The predicted molar refractivity (Wildman–Crippen MR) is 123 cm³/mol. The smallest absolute Gasteiger partial charge is 0.263 e. The fraction of sp³-hybridized carbons (Fsp3) is 0.120. The van der Waals surface area contributed by atoms with Gasteiger partial charge in [0.1, 0.15) is 5.75 Å². The fourth-order valence-corrected chi connectivity index (χ4v) is 3.46. The lowest BCUT2D eigenvalue weighted by atomic mass is 10.1. The molecule has 0 saturated heterocycles. The first-order valence-corrected chi connectivity index (χ1v) is 10.2. The Balaban J connectivity index is 1.74. The van der Waals surface area contributed by atoms with Gasteiger partial charge in [-0.15, -0.1) is 0 Å². The van der Waals surface area contributed by atoms with Crippen molar-refractivity contribution >= 4 is 35.0 Å². The highest BCUT2D eigenvalue weighted by Crippen LogP contribution is 2.35. The van der Waals surface area contributed by atoms with Gasteiger partial charge in [0, 0.05) is 16.7 Å². The summed E-state index contributed by atoms with van der Waals surface area (Å²) in [5.41, 5.74) is 3.77. The number of hydrogen-bond acceptors (Lipinski definition) is 4.